The molecule has 0 atom stereocenters. The molecule has 5 aliphatic rings. The predicted octanol–water partition coefficient (Wildman–Crippen LogP) is 2.40. The van der Waals surface area contributed by atoms with Crippen LogP contribution in [0, 0.1) is 23.7 Å². The summed E-state index contributed by atoms with van der Waals surface area (Å²) in [6, 6.07) is 0.793. The zero-order valence-electron chi connectivity index (χ0n) is 11.2. The van der Waals surface area contributed by atoms with Gasteiger partial charge in [-0.2, -0.15) is 0 Å². The Hall–Kier alpha value is -1.03. The monoisotopic (exact) mass is 259 g/mol. The number of aromatic nitrogens is 1. The van der Waals surface area contributed by atoms with Crippen LogP contribution in [-0.4, -0.2) is 16.1 Å². The molecule has 4 nitrogen and oxygen atoms in total. The summed E-state index contributed by atoms with van der Waals surface area (Å²) in [5, 5.41) is 4.12. The van der Waals surface area contributed by atoms with Crippen molar-refractivity contribution >= 4 is 5.88 Å². The second-order valence-electron chi connectivity index (χ2n) is 7.30. The lowest BCUT2D eigenvalue weighted by Crippen LogP contribution is -2.54. The number of rotatable bonds is 1. The standard InChI is InChI=1S/C15H21N3O/c16-15-12-6-18(7-13(12)17-19-15)14-10-2-8-1-9(4-10)5-11(14)3-8/h8-11,14H,1-7,16H2. The van der Waals surface area contributed by atoms with Crippen LogP contribution in [0.4, 0.5) is 5.88 Å². The number of hydrogen-bond acceptors (Lipinski definition) is 4. The maximum atomic E-state index is 5.87. The number of nitrogen functional groups attached to an aromatic ring is 1. The van der Waals surface area contributed by atoms with Gasteiger partial charge in [-0.15, -0.1) is 0 Å². The van der Waals surface area contributed by atoms with Gasteiger partial charge in [-0.05, 0) is 55.8 Å². The van der Waals surface area contributed by atoms with Crippen molar-refractivity contribution in [3.63, 3.8) is 0 Å². The maximum absolute atomic E-state index is 5.87. The van der Waals surface area contributed by atoms with Crippen LogP contribution >= 0.6 is 0 Å². The van der Waals surface area contributed by atoms with E-state index in [-0.39, 0.29) is 0 Å². The predicted molar refractivity (Wildman–Crippen MR) is 71.0 cm³/mol. The molecule has 6 rings (SSSR count). The van der Waals surface area contributed by atoms with Crippen LogP contribution < -0.4 is 5.73 Å². The first-order chi connectivity index (χ1) is 9.28. The number of fused-ring (bicyclic) bond motifs is 1. The highest BCUT2D eigenvalue weighted by Gasteiger charge is 2.51. The Balaban J connectivity index is 1.43. The third kappa shape index (κ3) is 1.41. The zero-order chi connectivity index (χ0) is 12.6. The van der Waals surface area contributed by atoms with Gasteiger partial charge in [-0.1, -0.05) is 5.16 Å². The highest BCUT2D eigenvalue weighted by atomic mass is 16.5. The summed E-state index contributed by atoms with van der Waals surface area (Å²) in [5.74, 6) is 4.52. The van der Waals surface area contributed by atoms with Crippen LogP contribution in [0.3, 0.4) is 0 Å². The lowest BCUT2D eigenvalue weighted by atomic mass is 9.54. The van der Waals surface area contributed by atoms with Crippen LogP contribution in [-0.2, 0) is 13.1 Å². The molecule has 0 aromatic carbocycles. The number of nitrogens with two attached hydrogens (primary N) is 1. The summed E-state index contributed by atoms with van der Waals surface area (Å²) < 4.78 is 5.09. The van der Waals surface area contributed by atoms with Crippen LogP contribution in [0.15, 0.2) is 4.52 Å². The third-order valence-corrected chi connectivity index (χ3v) is 6.21. The Kier molecular flexibility index (Phi) is 2.00. The van der Waals surface area contributed by atoms with E-state index in [1.165, 1.54) is 32.1 Å². The molecule has 0 radical (unpaired) electrons. The van der Waals surface area contributed by atoms with Gasteiger partial charge in [0.25, 0.3) is 0 Å². The first kappa shape index (κ1) is 10.7. The second-order valence-corrected chi connectivity index (χ2v) is 7.30. The molecule has 1 aromatic rings. The largest absolute Gasteiger partial charge is 0.367 e. The quantitative estimate of drug-likeness (QED) is 0.841. The van der Waals surface area contributed by atoms with Crippen molar-refractivity contribution < 1.29 is 4.52 Å². The molecule has 2 N–H and O–H groups in total. The van der Waals surface area contributed by atoms with Gasteiger partial charge in [0.1, 0.15) is 5.69 Å². The SMILES string of the molecule is Nc1onc2c1CN(C1C3CC4CC(C3)CC1C4)C2. The minimum absolute atomic E-state index is 0.543. The van der Waals surface area contributed by atoms with Crippen LogP contribution in [0.5, 0.6) is 0 Å². The fraction of sp³-hybridized carbons (Fsp3) is 0.800. The first-order valence-electron chi connectivity index (χ1n) is 7.75. The number of nitrogens with zero attached hydrogens (tertiary/aromatic N) is 2. The van der Waals surface area contributed by atoms with Crippen molar-refractivity contribution in [1.29, 1.82) is 0 Å². The maximum Gasteiger partial charge on any atom is 0.226 e. The molecule has 1 aromatic heterocycles. The van der Waals surface area contributed by atoms with Crippen LogP contribution in [0.25, 0.3) is 0 Å². The molecule has 4 heteroatoms. The molecule has 102 valence electrons. The molecular weight excluding hydrogens is 238 g/mol. The van der Waals surface area contributed by atoms with E-state index in [4.69, 9.17) is 10.3 Å². The molecule has 19 heavy (non-hydrogen) atoms. The normalized spacial score (nSPS) is 43.9. The molecule has 1 aliphatic heterocycles. The van der Waals surface area contributed by atoms with Crippen molar-refractivity contribution in [1.82, 2.24) is 10.1 Å². The summed E-state index contributed by atoms with van der Waals surface area (Å²) in [5.41, 5.74) is 8.12. The van der Waals surface area contributed by atoms with Gasteiger partial charge < -0.3 is 10.3 Å². The Labute approximate surface area is 113 Å². The third-order valence-electron chi connectivity index (χ3n) is 6.21. The fourth-order valence-corrected chi connectivity index (χ4v) is 5.81. The summed E-state index contributed by atoms with van der Waals surface area (Å²) in [6.07, 6.45) is 7.44. The second kappa shape index (κ2) is 3.54. The Morgan fingerprint density at radius 3 is 2.32 bits per heavy atom. The molecule has 4 bridgehead atoms. The average Bonchev–Trinajstić information content (AvgIpc) is 2.91. The highest BCUT2D eigenvalue weighted by molar-refractivity contribution is 5.41. The highest BCUT2D eigenvalue weighted by Crippen LogP contribution is 2.56. The van der Waals surface area contributed by atoms with Gasteiger partial charge in [0.2, 0.25) is 5.88 Å². The van der Waals surface area contributed by atoms with Crippen molar-refractivity contribution in [2.45, 2.75) is 51.2 Å². The minimum atomic E-state index is 0.543. The van der Waals surface area contributed by atoms with Gasteiger partial charge in [0, 0.05) is 19.1 Å². The van der Waals surface area contributed by atoms with E-state index in [0.717, 1.165) is 54.1 Å². The van der Waals surface area contributed by atoms with Crippen LogP contribution in [0.2, 0.25) is 0 Å². The van der Waals surface area contributed by atoms with E-state index in [1.54, 1.807) is 0 Å². The summed E-state index contributed by atoms with van der Waals surface area (Å²) in [6.45, 7) is 1.93. The lowest BCUT2D eigenvalue weighted by Gasteiger charge is -2.56. The summed E-state index contributed by atoms with van der Waals surface area (Å²) >= 11 is 0. The van der Waals surface area contributed by atoms with E-state index >= 15 is 0 Å². The molecule has 4 saturated carbocycles. The molecule has 0 amide bonds. The van der Waals surface area contributed by atoms with E-state index < -0.39 is 0 Å². The van der Waals surface area contributed by atoms with E-state index in [0.29, 0.717) is 5.88 Å². The summed E-state index contributed by atoms with van der Waals surface area (Å²) in [4.78, 5) is 2.65. The average molecular weight is 259 g/mol. The van der Waals surface area contributed by atoms with Gasteiger partial charge in [0.15, 0.2) is 0 Å². The van der Waals surface area contributed by atoms with Gasteiger partial charge in [-0.3, -0.25) is 4.90 Å². The zero-order valence-corrected chi connectivity index (χ0v) is 11.2. The fourth-order valence-electron chi connectivity index (χ4n) is 5.81. The van der Waals surface area contributed by atoms with E-state index in [9.17, 15) is 0 Å². The smallest absolute Gasteiger partial charge is 0.226 e. The van der Waals surface area contributed by atoms with E-state index in [2.05, 4.69) is 10.1 Å². The Bertz CT molecular complexity index is 495. The molecule has 0 saturated heterocycles. The summed E-state index contributed by atoms with van der Waals surface area (Å²) in [7, 11) is 0. The molecule has 0 spiro atoms. The van der Waals surface area contributed by atoms with Crippen molar-refractivity contribution in [2.24, 2.45) is 23.7 Å². The molecule has 4 aliphatic carbocycles. The number of anilines is 1. The lowest BCUT2D eigenvalue weighted by molar-refractivity contribution is -0.0679. The molecule has 0 unspecified atom stereocenters. The molecule has 2 heterocycles. The Morgan fingerprint density at radius 2 is 1.68 bits per heavy atom. The topological polar surface area (TPSA) is 55.3 Å². The van der Waals surface area contributed by atoms with Crippen molar-refractivity contribution in [3.05, 3.63) is 11.3 Å². The molecule has 4 fully saturated rings. The van der Waals surface area contributed by atoms with Gasteiger partial charge >= 0.3 is 0 Å². The van der Waals surface area contributed by atoms with Gasteiger partial charge in [0.05, 0.1) is 5.56 Å². The van der Waals surface area contributed by atoms with Gasteiger partial charge in [-0.25, -0.2) is 0 Å². The van der Waals surface area contributed by atoms with E-state index in [1.807, 2.05) is 0 Å². The van der Waals surface area contributed by atoms with Crippen molar-refractivity contribution in [2.75, 3.05) is 5.73 Å². The first-order valence-corrected chi connectivity index (χ1v) is 7.75. The number of hydrogen-bond donors (Lipinski definition) is 1. The molecular formula is C15H21N3O. The Morgan fingerprint density at radius 1 is 1.00 bits per heavy atom. The van der Waals surface area contributed by atoms with Crippen LogP contribution in [0.1, 0.15) is 43.4 Å². The van der Waals surface area contributed by atoms with Crippen molar-refractivity contribution in [3.8, 4) is 0 Å². The minimum Gasteiger partial charge on any atom is -0.367 e.